The highest BCUT2D eigenvalue weighted by Gasteiger charge is 1.74. The van der Waals surface area contributed by atoms with Crippen LogP contribution in [0.5, 0.6) is 5.75 Å². The average molecular weight is 151 g/mol. The van der Waals surface area contributed by atoms with Crippen LogP contribution < -0.4 is 5.11 Å². The lowest BCUT2D eigenvalue weighted by atomic mass is 10.3. The molecule has 0 amide bonds. The van der Waals surface area contributed by atoms with Gasteiger partial charge in [0.15, 0.2) is 0 Å². The van der Waals surface area contributed by atoms with Crippen molar-refractivity contribution in [2.45, 2.75) is 6.92 Å². The van der Waals surface area contributed by atoms with E-state index in [0.717, 1.165) is 0 Å². The van der Waals surface area contributed by atoms with Gasteiger partial charge in [0.05, 0.1) is 0 Å². The number of phenols is 1. The van der Waals surface area contributed by atoms with E-state index in [2.05, 4.69) is 6.58 Å². The number of benzene rings is 1. The number of para-hydroxylation sites is 1. The van der Waals surface area contributed by atoms with E-state index in [1.807, 2.05) is 6.07 Å². The zero-order chi connectivity index (χ0) is 8.69. The predicted octanol–water partition coefficient (Wildman–Crippen LogP) is 1.27. The fourth-order valence-electron chi connectivity index (χ4n) is 0.428. The van der Waals surface area contributed by atoms with Gasteiger partial charge in [-0.2, -0.15) is 0 Å². The van der Waals surface area contributed by atoms with Crippen molar-refractivity contribution in [3.8, 4) is 5.75 Å². The lowest BCUT2D eigenvalue weighted by molar-refractivity contribution is -0.300. The van der Waals surface area contributed by atoms with Crippen molar-refractivity contribution in [3.63, 3.8) is 0 Å². The third-order valence-corrected chi connectivity index (χ3v) is 0.756. The van der Waals surface area contributed by atoms with Crippen LogP contribution in [0.1, 0.15) is 6.92 Å². The molecule has 2 heteroatoms. The molecule has 0 unspecified atom stereocenters. The van der Waals surface area contributed by atoms with Gasteiger partial charge in [-0.1, -0.05) is 25.1 Å². The zero-order valence-corrected chi connectivity index (χ0v) is 6.45. The van der Waals surface area contributed by atoms with Crippen LogP contribution in [0.3, 0.4) is 0 Å². The molecule has 0 aliphatic rings. The quantitative estimate of drug-likeness (QED) is 0.567. The fraction of sp³-hybridized carbons (Fsp3) is 0.111. The van der Waals surface area contributed by atoms with Gasteiger partial charge < -0.3 is 10.2 Å². The maximum atomic E-state index is 9.33. The van der Waals surface area contributed by atoms with Crippen molar-refractivity contribution >= 4 is 0 Å². The van der Waals surface area contributed by atoms with Gasteiger partial charge in [0.2, 0.25) is 0 Å². The van der Waals surface area contributed by atoms with E-state index in [1.54, 1.807) is 24.3 Å². The number of hydrogen-bond acceptors (Lipinski definition) is 2. The van der Waals surface area contributed by atoms with E-state index in [9.17, 15) is 5.11 Å². The molecule has 0 aliphatic heterocycles. The minimum atomic E-state index is -0.0833. The van der Waals surface area contributed by atoms with Crippen LogP contribution in [0, 0.1) is 0 Å². The Labute approximate surface area is 66.4 Å². The first-order valence-corrected chi connectivity index (χ1v) is 3.19. The molecule has 0 bridgehead atoms. The van der Waals surface area contributed by atoms with Crippen molar-refractivity contribution in [2.24, 2.45) is 0 Å². The normalized spacial score (nSPS) is 7.73. The fourth-order valence-corrected chi connectivity index (χ4v) is 0.428. The molecule has 0 aliphatic carbocycles. The van der Waals surface area contributed by atoms with Gasteiger partial charge >= 0.3 is 0 Å². The monoisotopic (exact) mass is 151 g/mol. The second kappa shape index (κ2) is 5.35. The van der Waals surface area contributed by atoms with Gasteiger partial charge in [0.25, 0.3) is 0 Å². The van der Waals surface area contributed by atoms with Gasteiger partial charge in [0, 0.05) is 0 Å². The Bertz CT molecular complexity index is 200. The van der Waals surface area contributed by atoms with Crippen LogP contribution in [-0.2, 0) is 0 Å². The van der Waals surface area contributed by atoms with Crippen molar-refractivity contribution in [1.29, 1.82) is 0 Å². The highest BCUT2D eigenvalue weighted by atomic mass is 16.3. The van der Waals surface area contributed by atoms with E-state index in [0.29, 0.717) is 5.75 Å². The highest BCUT2D eigenvalue weighted by Crippen LogP contribution is 2.02. The molecule has 1 aromatic rings. The van der Waals surface area contributed by atoms with Gasteiger partial charge in [0.1, 0.15) is 5.75 Å². The topological polar surface area (TPSA) is 43.3 Å². The molecule has 11 heavy (non-hydrogen) atoms. The summed E-state index contributed by atoms with van der Waals surface area (Å²) in [7, 11) is 0. The number of aromatic hydroxyl groups is 1. The molecule has 60 valence electrons. The van der Waals surface area contributed by atoms with E-state index < -0.39 is 0 Å². The van der Waals surface area contributed by atoms with Gasteiger partial charge in [-0.05, 0) is 12.1 Å². The second-order valence-electron chi connectivity index (χ2n) is 2.04. The molecule has 0 saturated heterocycles. The van der Waals surface area contributed by atoms with Crippen molar-refractivity contribution in [3.05, 3.63) is 42.7 Å². The number of phenolic OH excluding ortho intramolecular Hbond substituents is 1. The third-order valence-electron chi connectivity index (χ3n) is 0.756. The van der Waals surface area contributed by atoms with Crippen molar-refractivity contribution in [2.75, 3.05) is 0 Å². The molecule has 0 spiro atoms. The Kier molecular flexibility index (Phi) is 4.65. The van der Waals surface area contributed by atoms with Crippen molar-refractivity contribution in [1.82, 2.24) is 0 Å². The van der Waals surface area contributed by atoms with Crippen LogP contribution >= 0.6 is 0 Å². The molecule has 0 fully saturated rings. The lowest BCUT2D eigenvalue weighted by Crippen LogP contribution is -1.92. The molecule has 2 nitrogen and oxygen atoms in total. The molecule has 1 rings (SSSR count). The SMILES string of the molecule is C=C(C)[O-].Oc1ccccc1. The van der Waals surface area contributed by atoms with E-state index in [4.69, 9.17) is 5.11 Å². The highest BCUT2D eigenvalue weighted by molar-refractivity contribution is 5.18. The summed E-state index contributed by atoms with van der Waals surface area (Å²) in [6.45, 7) is 4.42. The minimum absolute atomic E-state index is 0.0833. The largest absolute Gasteiger partial charge is 0.876 e. The maximum absolute atomic E-state index is 9.33. The third kappa shape index (κ3) is 8.56. The van der Waals surface area contributed by atoms with E-state index in [1.165, 1.54) is 6.92 Å². The number of rotatable bonds is 0. The molecule has 0 aromatic heterocycles. The first kappa shape index (κ1) is 9.56. The van der Waals surface area contributed by atoms with Crippen LogP contribution in [-0.4, -0.2) is 5.11 Å². The molecule has 0 radical (unpaired) electrons. The predicted molar refractivity (Wildman–Crippen MR) is 42.9 cm³/mol. The second-order valence-corrected chi connectivity index (χ2v) is 2.04. The Hall–Kier alpha value is -1.44. The van der Waals surface area contributed by atoms with E-state index in [-0.39, 0.29) is 5.76 Å². The summed E-state index contributed by atoms with van der Waals surface area (Å²) >= 11 is 0. The molecule has 0 saturated carbocycles. The lowest BCUT2D eigenvalue weighted by Gasteiger charge is -1.92. The molecule has 1 N–H and O–H groups in total. The summed E-state index contributed by atoms with van der Waals surface area (Å²) in [5.74, 6) is 0.238. The van der Waals surface area contributed by atoms with Crippen LogP contribution in [0.2, 0.25) is 0 Å². The van der Waals surface area contributed by atoms with E-state index >= 15 is 0 Å². The van der Waals surface area contributed by atoms with Crippen LogP contribution in [0.15, 0.2) is 42.7 Å². The first-order chi connectivity index (χ1) is 5.13. The summed E-state index contributed by atoms with van der Waals surface area (Å²) in [6.07, 6.45) is 0. The van der Waals surface area contributed by atoms with Crippen LogP contribution in [0.25, 0.3) is 0 Å². The zero-order valence-electron chi connectivity index (χ0n) is 6.45. The Morgan fingerprint density at radius 3 is 1.91 bits per heavy atom. The minimum Gasteiger partial charge on any atom is -0.876 e. The molecular formula is C9H11O2-. The van der Waals surface area contributed by atoms with Crippen LogP contribution in [0.4, 0.5) is 0 Å². The Balaban J connectivity index is 0.000000218. The Morgan fingerprint density at radius 2 is 1.73 bits per heavy atom. The molecular weight excluding hydrogens is 140 g/mol. The maximum Gasteiger partial charge on any atom is 0.115 e. The summed E-state index contributed by atoms with van der Waals surface area (Å²) < 4.78 is 0. The number of hydrogen-bond donors (Lipinski definition) is 1. The Morgan fingerprint density at radius 1 is 1.36 bits per heavy atom. The smallest absolute Gasteiger partial charge is 0.115 e. The summed E-state index contributed by atoms with van der Waals surface area (Å²) in [4.78, 5) is 0. The molecule has 0 heterocycles. The van der Waals surface area contributed by atoms with Gasteiger partial charge in [-0.15, -0.1) is 12.3 Å². The first-order valence-electron chi connectivity index (χ1n) is 3.19. The number of allylic oxidation sites excluding steroid dienone is 1. The summed E-state index contributed by atoms with van der Waals surface area (Å²) in [5, 5.41) is 18.0. The molecule has 0 atom stereocenters. The van der Waals surface area contributed by atoms with Gasteiger partial charge in [-0.3, -0.25) is 0 Å². The summed E-state index contributed by atoms with van der Waals surface area (Å²) in [6, 6.07) is 8.71. The average Bonchev–Trinajstić information content (AvgIpc) is 1.87. The standard InChI is InChI=1S/C6H6O.C3H6O/c7-6-4-2-1-3-5-6;1-3(2)4/h1-5,7H;4H,1H2,2H3/p-1. The summed E-state index contributed by atoms with van der Waals surface area (Å²) in [5.41, 5.74) is 0. The molecule has 1 aromatic carbocycles. The van der Waals surface area contributed by atoms with Gasteiger partial charge in [-0.25, -0.2) is 0 Å². The van der Waals surface area contributed by atoms with Crippen molar-refractivity contribution < 1.29 is 10.2 Å².